The van der Waals surface area contributed by atoms with Gasteiger partial charge in [0.05, 0.1) is 0 Å². The Morgan fingerprint density at radius 1 is 1.33 bits per heavy atom. The highest BCUT2D eigenvalue weighted by Crippen LogP contribution is 2.13. The average molecular weight is 214 g/mol. The summed E-state index contributed by atoms with van der Waals surface area (Å²) in [5.41, 5.74) is 0. The number of unbranched alkanes of at least 4 members (excludes halogenated alkanes) is 1. The van der Waals surface area contributed by atoms with Crippen LogP contribution in [0.5, 0.6) is 0 Å². The molecule has 2 atom stereocenters. The van der Waals surface area contributed by atoms with E-state index in [0.29, 0.717) is 0 Å². The molecule has 2 heteroatoms. The van der Waals surface area contributed by atoms with Gasteiger partial charge in [-0.05, 0) is 38.9 Å². The minimum Gasteiger partial charge on any atom is -0.312 e. The van der Waals surface area contributed by atoms with E-state index in [9.17, 15) is 0 Å². The summed E-state index contributed by atoms with van der Waals surface area (Å²) in [7, 11) is 2.24. The van der Waals surface area contributed by atoms with Gasteiger partial charge in [0.15, 0.2) is 0 Å². The minimum atomic E-state index is 0.747. The summed E-state index contributed by atoms with van der Waals surface area (Å²) in [4.78, 5) is 2.46. The molecular formula is C13H30N2. The van der Waals surface area contributed by atoms with Crippen molar-refractivity contribution in [3.05, 3.63) is 0 Å². The fourth-order valence-electron chi connectivity index (χ4n) is 2.05. The summed E-state index contributed by atoms with van der Waals surface area (Å²) in [6.07, 6.45) is 3.99. The molecule has 1 heterocycles. The predicted molar refractivity (Wildman–Crippen MR) is 69.3 cm³/mol. The van der Waals surface area contributed by atoms with Crippen LogP contribution in [-0.4, -0.2) is 37.6 Å². The zero-order valence-electron chi connectivity index (χ0n) is 11.3. The van der Waals surface area contributed by atoms with Crippen molar-refractivity contribution in [3.8, 4) is 0 Å². The maximum absolute atomic E-state index is 3.57. The van der Waals surface area contributed by atoms with E-state index in [-0.39, 0.29) is 0 Å². The first kappa shape index (κ1) is 14.9. The van der Waals surface area contributed by atoms with Gasteiger partial charge in [0.2, 0.25) is 0 Å². The number of nitrogens with zero attached hydrogens (tertiary/aromatic N) is 1. The van der Waals surface area contributed by atoms with Gasteiger partial charge in [-0.1, -0.05) is 34.1 Å². The summed E-state index contributed by atoms with van der Waals surface area (Å²) < 4.78 is 0. The highest BCUT2D eigenvalue weighted by molar-refractivity contribution is 4.81. The maximum atomic E-state index is 3.57. The Labute approximate surface area is 96.4 Å². The maximum Gasteiger partial charge on any atom is 0.0198 e. The van der Waals surface area contributed by atoms with E-state index in [1.807, 2.05) is 13.8 Å². The van der Waals surface area contributed by atoms with Crippen molar-refractivity contribution in [3.63, 3.8) is 0 Å². The normalized spacial score (nSPS) is 25.2. The molecule has 0 aromatic heterocycles. The van der Waals surface area contributed by atoms with Crippen molar-refractivity contribution >= 4 is 0 Å². The largest absolute Gasteiger partial charge is 0.312 e. The molecule has 0 spiro atoms. The van der Waals surface area contributed by atoms with E-state index in [4.69, 9.17) is 0 Å². The molecule has 92 valence electrons. The molecule has 0 saturated carbocycles. The Hall–Kier alpha value is -0.0800. The topological polar surface area (TPSA) is 15.3 Å². The molecule has 15 heavy (non-hydrogen) atoms. The molecule has 0 amide bonds. The third-order valence-corrected chi connectivity index (χ3v) is 2.87. The molecule has 0 aromatic rings. The van der Waals surface area contributed by atoms with Gasteiger partial charge in [0.1, 0.15) is 0 Å². The van der Waals surface area contributed by atoms with Crippen molar-refractivity contribution in [1.29, 1.82) is 0 Å². The monoisotopic (exact) mass is 214 g/mol. The lowest BCUT2D eigenvalue weighted by molar-refractivity contribution is 0.294. The lowest BCUT2D eigenvalue weighted by Gasteiger charge is -2.20. The number of hydrogen-bond donors (Lipinski definition) is 1. The highest BCUT2D eigenvalue weighted by Gasteiger charge is 2.20. The zero-order valence-corrected chi connectivity index (χ0v) is 11.3. The first-order valence-electron chi connectivity index (χ1n) is 6.64. The van der Waals surface area contributed by atoms with Gasteiger partial charge in [0, 0.05) is 12.6 Å². The second-order valence-electron chi connectivity index (χ2n) is 4.56. The standard InChI is InChI=1S/C11H24N2.C2H6/c1-4-5-6-13(3)9-11-7-10(2)8-12-11;1-2/h10-12H,4-9H2,1-3H3;1-2H3. The molecule has 0 radical (unpaired) electrons. The molecule has 1 rings (SSSR count). The van der Waals surface area contributed by atoms with Gasteiger partial charge >= 0.3 is 0 Å². The van der Waals surface area contributed by atoms with Crippen molar-refractivity contribution < 1.29 is 0 Å². The van der Waals surface area contributed by atoms with E-state index in [1.54, 1.807) is 0 Å². The Bertz CT molecular complexity index is 136. The van der Waals surface area contributed by atoms with Crippen LogP contribution in [-0.2, 0) is 0 Å². The smallest absolute Gasteiger partial charge is 0.0198 e. The van der Waals surface area contributed by atoms with Crippen LogP contribution in [0.15, 0.2) is 0 Å². The quantitative estimate of drug-likeness (QED) is 0.757. The fourth-order valence-corrected chi connectivity index (χ4v) is 2.05. The lowest BCUT2D eigenvalue weighted by Crippen LogP contribution is -2.35. The number of hydrogen-bond acceptors (Lipinski definition) is 2. The molecule has 0 aromatic carbocycles. The van der Waals surface area contributed by atoms with Crippen LogP contribution in [0.2, 0.25) is 0 Å². The number of likely N-dealkylation sites (N-methyl/N-ethyl adjacent to an activating group) is 1. The van der Waals surface area contributed by atoms with Crippen molar-refractivity contribution in [2.75, 3.05) is 26.7 Å². The van der Waals surface area contributed by atoms with Crippen molar-refractivity contribution in [2.45, 2.75) is 53.0 Å². The third kappa shape index (κ3) is 6.91. The lowest BCUT2D eigenvalue weighted by atomic mass is 10.1. The first-order valence-corrected chi connectivity index (χ1v) is 6.64. The van der Waals surface area contributed by atoms with Gasteiger partial charge in [-0.25, -0.2) is 0 Å². The molecule has 2 unspecified atom stereocenters. The predicted octanol–water partition coefficient (Wildman–Crippen LogP) is 2.74. The summed E-state index contributed by atoms with van der Waals surface area (Å²) in [5.74, 6) is 0.879. The van der Waals surface area contributed by atoms with Crippen LogP contribution in [0.1, 0.15) is 47.0 Å². The van der Waals surface area contributed by atoms with Gasteiger partial charge in [-0.3, -0.25) is 0 Å². The van der Waals surface area contributed by atoms with Gasteiger partial charge < -0.3 is 10.2 Å². The van der Waals surface area contributed by atoms with Crippen molar-refractivity contribution in [2.24, 2.45) is 5.92 Å². The molecule has 1 saturated heterocycles. The molecule has 0 bridgehead atoms. The van der Waals surface area contributed by atoms with E-state index in [1.165, 1.54) is 38.9 Å². The molecular weight excluding hydrogens is 184 g/mol. The molecule has 1 aliphatic heterocycles. The van der Waals surface area contributed by atoms with Crippen molar-refractivity contribution in [1.82, 2.24) is 10.2 Å². The summed E-state index contributed by atoms with van der Waals surface area (Å²) in [6.45, 7) is 12.3. The molecule has 2 nitrogen and oxygen atoms in total. The Morgan fingerprint density at radius 3 is 2.47 bits per heavy atom. The second-order valence-corrected chi connectivity index (χ2v) is 4.56. The fraction of sp³-hybridized carbons (Fsp3) is 1.00. The number of rotatable bonds is 5. The van der Waals surface area contributed by atoms with Crippen LogP contribution >= 0.6 is 0 Å². The Morgan fingerprint density at radius 2 is 2.00 bits per heavy atom. The van der Waals surface area contributed by atoms with Crippen LogP contribution in [0, 0.1) is 5.92 Å². The number of nitrogens with one attached hydrogen (secondary N) is 1. The summed E-state index contributed by atoms with van der Waals surface area (Å²) in [6, 6.07) is 0.747. The molecule has 1 N–H and O–H groups in total. The summed E-state index contributed by atoms with van der Waals surface area (Å²) in [5, 5.41) is 3.57. The van der Waals surface area contributed by atoms with Gasteiger partial charge in [-0.2, -0.15) is 0 Å². The van der Waals surface area contributed by atoms with E-state index in [2.05, 4.69) is 31.1 Å². The van der Waals surface area contributed by atoms with Gasteiger partial charge in [-0.15, -0.1) is 0 Å². The van der Waals surface area contributed by atoms with E-state index >= 15 is 0 Å². The van der Waals surface area contributed by atoms with Crippen LogP contribution < -0.4 is 5.32 Å². The highest BCUT2D eigenvalue weighted by atomic mass is 15.1. The molecule has 0 aliphatic carbocycles. The first-order chi connectivity index (χ1) is 7.22. The minimum absolute atomic E-state index is 0.747. The van der Waals surface area contributed by atoms with Crippen LogP contribution in [0.4, 0.5) is 0 Å². The molecule has 1 aliphatic rings. The zero-order chi connectivity index (χ0) is 11.7. The summed E-state index contributed by atoms with van der Waals surface area (Å²) >= 11 is 0. The van der Waals surface area contributed by atoms with Crippen LogP contribution in [0.3, 0.4) is 0 Å². The van der Waals surface area contributed by atoms with Gasteiger partial charge in [0.25, 0.3) is 0 Å². The second kappa shape index (κ2) is 9.17. The van der Waals surface area contributed by atoms with E-state index in [0.717, 1.165) is 12.0 Å². The van der Waals surface area contributed by atoms with E-state index < -0.39 is 0 Å². The average Bonchev–Trinajstić information content (AvgIpc) is 2.64. The molecule has 1 fully saturated rings. The third-order valence-electron chi connectivity index (χ3n) is 2.87. The SMILES string of the molecule is CC.CCCCN(C)CC1CC(C)CN1. The Kier molecular flexibility index (Phi) is 9.12. The Balaban J connectivity index is 0.000000921. The van der Waals surface area contributed by atoms with Crippen LogP contribution in [0.25, 0.3) is 0 Å².